The van der Waals surface area contributed by atoms with Gasteiger partial charge in [0.1, 0.15) is 0 Å². The topological polar surface area (TPSA) is 21.3 Å². The minimum atomic E-state index is 0.217. The predicted molar refractivity (Wildman–Crippen MR) is 65.6 cm³/mol. The van der Waals surface area contributed by atoms with Gasteiger partial charge in [-0.05, 0) is 25.7 Å². The average Bonchev–Trinajstić information content (AvgIpc) is 2.55. The van der Waals surface area contributed by atoms with E-state index >= 15 is 0 Å². The summed E-state index contributed by atoms with van der Waals surface area (Å²) in [6.07, 6.45) is 14.1. The van der Waals surface area contributed by atoms with Crippen LogP contribution in [0.3, 0.4) is 0 Å². The van der Waals surface area contributed by atoms with Gasteiger partial charge in [0.25, 0.3) is 0 Å². The van der Waals surface area contributed by atoms with Gasteiger partial charge in [0.2, 0.25) is 0 Å². The molecule has 2 nitrogen and oxygen atoms in total. The highest BCUT2D eigenvalue weighted by Gasteiger charge is 2.41. The first-order valence-corrected chi connectivity index (χ1v) is 7.29. The summed E-state index contributed by atoms with van der Waals surface area (Å²) < 4.78 is 6.54. The van der Waals surface area contributed by atoms with E-state index in [0.717, 1.165) is 6.54 Å². The number of nitrogens with one attached hydrogen (secondary N) is 1. The molecule has 3 rings (SSSR count). The lowest BCUT2D eigenvalue weighted by atomic mass is 9.85. The number of hydrogen-bond acceptors (Lipinski definition) is 2. The van der Waals surface area contributed by atoms with Crippen molar-refractivity contribution < 1.29 is 4.74 Å². The standard InChI is InChI=1S/C14H25NO/c1-2-6-10-14(9-5-1)11-15-12-7-3-4-8-13(12)16-14/h12-13,15H,1-11H2. The Hall–Kier alpha value is -0.0800. The summed E-state index contributed by atoms with van der Waals surface area (Å²) in [5.41, 5.74) is 0.217. The van der Waals surface area contributed by atoms with Crippen LogP contribution < -0.4 is 5.32 Å². The molecular formula is C14H25NO. The second-order valence-corrected chi connectivity index (χ2v) is 6.03. The first kappa shape index (κ1) is 11.0. The quantitative estimate of drug-likeness (QED) is 0.681. The van der Waals surface area contributed by atoms with E-state index in [-0.39, 0.29) is 5.60 Å². The van der Waals surface area contributed by atoms with Crippen molar-refractivity contribution in [3.63, 3.8) is 0 Å². The summed E-state index contributed by atoms with van der Waals surface area (Å²) in [5.74, 6) is 0. The molecule has 2 aliphatic carbocycles. The summed E-state index contributed by atoms with van der Waals surface area (Å²) in [6.45, 7) is 1.12. The van der Waals surface area contributed by atoms with Gasteiger partial charge < -0.3 is 10.1 Å². The monoisotopic (exact) mass is 223 g/mol. The second kappa shape index (κ2) is 4.66. The fraction of sp³-hybridized carbons (Fsp3) is 1.00. The molecule has 3 fully saturated rings. The van der Waals surface area contributed by atoms with Crippen LogP contribution in [0.4, 0.5) is 0 Å². The summed E-state index contributed by atoms with van der Waals surface area (Å²) in [6, 6.07) is 0.669. The molecule has 1 aliphatic heterocycles. The van der Waals surface area contributed by atoms with Crippen LogP contribution in [0, 0.1) is 0 Å². The normalized spacial score (nSPS) is 39.0. The number of morpholine rings is 1. The van der Waals surface area contributed by atoms with E-state index < -0.39 is 0 Å². The third-order valence-corrected chi connectivity index (χ3v) is 4.81. The maximum atomic E-state index is 6.54. The van der Waals surface area contributed by atoms with Gasteiger partial charge in [-0.1, -0.05) is 38.5 Å². The van der Waals surface area contributed by atoms with Crippen LogP contribution in [0.15, 0.2) is 0 Å². The molecule has 0 radical (unpaired) electrons. The Morgan fingerprint density at radius 2 is 1.62 bits per heavy atom. The molecule has 2 saturated carbocycles. The van der Waals surface area contributed by atoms with E-state index in [4.69, 9.17) is 4.74 Å². The third kappa shape index (κ3) is 2.14. The number of ether oxygens (including phenoxy) is 1. The van der Waals surface area contributed by atoms with Crippen molar-refractivity contribution in [2.45, 2.75) is 82.0 Å². The summed E-state index contributed by atoms with van der Waals surface area (Å²) in [4.78, 5) is 0. The van der Waals surface area contributed by atoms with Gasteiger partial charge >= 0.3 is 0 Å². The van der Waals surface area contributed by atoms with Gasteiger partial charge in [0.05, 0.1) is 11.7 Å². The first-order chi connectivity index (χ1) is 7.88. The lowest BCUT2D eigenvalue weighted by molar-refractivity contribution is -0.151. The molecule has 2 atom stereocenters. The van der Waals surface area contributed by atoms with E-state index in [1.165, 1.54) is 64.2 Å². The van der Waals surface area contributed by atoms with E-state index in [1.807, 2.05) is 0 Å². The van der Waals surface area contributed by atoms with E-state index in [9.17, 15) is 0 Å². The molecule has 2 heteroatoms. The molecular weight excluding hydrogens is 198 g/mol. The fourth-order valence-electron chi connectivity index (χ4n) is 3.82. The van der Waals surface area contributed by atoms with Crippen molar-refractivity contribution in [3.8, 4) is 0 Å². The second-order valence-electron chi connectivity index (χ2n) is 6.03. The maximum Gasteiger partial charge on any atom is 0.0810 e. The Bertz CT molecular complexity index is 233. The zero-order valence-electron chi connectivity index (χ0n) is 10.3. The Labute approximate surface area is 99.1 Å². The molecule has 1 spiro atoms. The summed E-state index contributed by atoms with van der Waals surface area (Å²) >= 11 is 0. The minimum absolute atomic E-state index is 0.217. The Morgan fingerprint density at radius 3 is 2.44 bits per heavy atom. The highest BCUT2D eigenvalue weighted by atomic mass is 16.5. The summed E-state index contributed by atoms with van der Waals surface area (Å²) in [5, 5.41) is 3.78. The lowest BCUT2D eigenvalue weighted by Gasteiger charge is -2.47. The molecule has 0 aromatic rings. The number of fused-ring (bicyclic) bond motifs is 1. The highest BCUT2D eigenvalue weighted by Crippen LogP contribution is 2.37. The molecule has 0 bridgehead atoms. The van der Waals surface area contributed by atoms with E-state index in [1.54, 1.807) is 0 Å². The fourth-order valence-corrected chi connectivity index (χ4v) is 3.82. The number of rotatable bonds is 0. The largest absolute Gasteiger partial charge is 0.369 e. The predicted octanol–water partition coefficient (Wildman–Crippen LogP) is 3.01. The molecule has 16 heavy (non-hydrogen) atoms. The Balaban J connectivity index is 1.67. The SMILES string of the molecule is C1CCCC2(CC1)CNC1CCCCC1O2. The van der Waals surface area contributed by atoms with E-state index in [2.05, 4.69) is 5.32 Å². The average molecular weight is 223 g/mol. The Kier molecular flexibility index (Phi) is 3.21. The van der Waals surface area contributed by atoms with Crippen LogP contribution in [0.25, 0.3) is 0 Å². The van der Waals surface area contributed by atoms with E-state index in [0.29, 0.717) is 12.1 Å². The van der Waals surface area contributed by atoms with Gasteiger partial charge in [0.15, 0.2) is 0 Å². The van der Waals surface area contributed by atoms with Crippen molar-refractivity contribution in [2.75, 3.05) is 6.54 Å². The van der Waals surface area contributed by atoms with Crippen molar-refractivity contribution in [1.82, 2.24) is 5.32 Å². The van der Waals surface area contributed by atoms with Crippen LogP contribution in [0.1, 0.15) is 64.2 Å². The van der Waals surface area contributed by atoms with Gasteiger partial charge in [0, 0.05) is 12.6 Å². The zero-order chi connectivity index (χ0) is 10.8. The van der Waals surface area contributed by atoms with Crippen LogP contribution in [-0.2, 0) is 4.74 Å². The van der Waals surface area contributed by atoms with Crippen molar-refractivity contribution >= 4 is 0 Å². The zero-order valence-corrected chi connectivity index (χ0v) is 10.3. The molecule has 2 unspecified atom stereocenters. The van der Waals surface area contributed by atoms with Gasteiger partial charge in [-0.25, -0.2) is 0 Å². The Morgan fingerprint density at radius 1 is 0.875 bits per heavy atom. The molecule has 0 amide bonds. The van der Waals surface area contributed by atoms with Gasteiger partial charge in [-0.2, -0.15) is 0 Å². The van der Waals surface area contributed by atoms with Crippen LogP contribution >= 0.6 is 0 Å². The van der Waals surface area contributed by atoms with Gasteiger partial charge in [-0.15, -0.1) is 0 Å². The van der Waals surface area contributed by atoms with Crippen molar-refractivity contribution in [2.24, 2.45) is 0 Å². The molecule has 1 N–H and O–H groups in total. The minimum Gasteiger partial charge on any atom is -0.369 e. The first-order valence-electron chi connectivity index (χ1n) is 7.29. The number of hydrogen-bond donors (Lipinski definition) is 1. The molecule has 0 aromatic carbocycles. The lowest BCUT2D eigenvalue weighted by Crippen LogP contribution is -2.59. The van der Waals surface area contributed by atoms with Crippen LogP contribution in [0.5, 0.6) is 0 Å². The molecule has 1 heterocycles. The smallest absolute Gasteiger partial charge is 0.0810 e. The highest BCUT2D eigenvalue weighted by molar-refractivity contribution is 4.96. The van der Waals surface area contributed by atoms with Gasteiger partial charge in [-0.3, -0.25) is 0 Å². The molecule has 92 valence electrons. The van der Waals surface area contributed by atoms with Crippen LogP contribution in [0.2, 0.25) is 0 Å². The molecule has 3 aliphatic rings. The van der Waals surface area contributed by atoms with Crippen molar-refractivity contribution in [1.29, 1.82) is 0 Å². The van der Waals surface area contributed by atoms with Crippen molar-refractivity contribution in [3.05, 3.63) is 0 Å². The third-order valence-electron chi connectivity index (χ3n) is 4.81. The molecule has 0 aromatic heterocycles. The van der Waals surface area contributed by atoms with Crippen LogP contribution in [-0.4, -0.2) is 24.3 Å². The maximum absolute atomic E-state index is 6.54. The molecule has 1 saturated heterocycles. The summed E-state index contributed by atoms with van der Waals surface area (Å²) in [7, 11) is 0.